The third kappa shape index (κ3) is 5.34. The summed E-state index contributed by atoms with van der Waals surface area (Å²) in [6.07, 6.45) is 1.47. The van der Waals surface area contributed by atoms with Crippen LogP contribution in [0.5, 0.6) is 11.5 Å². The second-order valence-electron chi connectivity index (χ2n) is 5.79. The van der Waals surface area contributed by atoms with Gasteiger partial charge in [-0.3, -0.25) is 4.55 Å². The molecule has 0 aliphatic rings. The van der Waals surface area contributed by atoms with Gasteiger partial charge in [-0.15, -0.1) is 0 Å². The highest BCUT2D eigenvalue weighted by Gasteiger charge is 2.25. The highest BCUT2D eigenvalue weighted by molar-refractivity contribution is 7.89. The lowest BCUT2D eigenvalue weighted by Crippen LogP contribution is -2.23. The number of hydrogen-bond acceptors (Lipinski definition) is 8. The molecule has 3 aromatic rings. The monoisotopic (exact) mass is 439 g/mol. The lowest BCUT2D eigenvalue weighted by Gasteiger charge is -2.16. The first-order valence-electron chi connectivity index (χ1n) is 8.07. The molecule has 29 heavy (non-hydrogen) atoms. The van der Waals surface area contributed by atoms with Crippen LogP contribution in [0, 0.1) is 0 Å². The molecule has 0 spiro atoms. The van der Waals surface area contributed by atoms with Crippen LogP contribution in [0.1, 0.15) is 5.76 Å². The van der Waals surface area contributed by atoms with Crippen molar-refractivity contribution < 1.29 is 30.5 Å². The van der Waals surface area contributed by atoms with Crippen LogP contribution in [0.25, 0.3) is 0 Å². The summed E-state index contributed by atoms with van der Waals surface area (Å²) in [6.45, 7) is 0.170. The molecule has 1 heterocycles. The summed E-state index contributed by atoms with van der Waals surface area (Å²) in [5.74, 6) is 0.618. The van der Waals surface area contributed by atoms with Gasteiger partial charge in [-0.25, -0.2) is 19.0 Å². The normalized spacial score (nSPS) is 11.9. The van der Waals surface area contributed by atoms with Crippen LogP contribution in [-0.4, -0.2) is 21.4 Å². The van der Waals surface area contributed by atoms with Crippen molar-refractivity contribution in [3.05, 3.63) is 66.6 Å². The zero-order valence-electron chi connectivity index (χ0n) is 14.8. The molecule has 0 atom stereocenters. The number of benzene rings is 2. The molecule has 3 rings (SSSR count). The van der Waals surface area contributed by atoms with E-state index in [4.69, 9.17) is 14.3 Å². The van der Waals surface area contributed by atoms with Gasteiger partial charge in [0.25, 0.3) is 10.1 Å². The number of rotatable bonds is 8. The van der Waals surface area contributed by atoms with Crippen LogP contribution in [0.4, 0.5) is 5.69 Å². The van der Waals surface area contributed by atoms with Crippen LogP contribution in [0.3, 0.4) is 0 Å². The van der Waals surface area contributed by atoms with Crippen LogP contribution in [-0.2, 0) is 26.7 Å². The van der Waals surface area contributed by atoms with Crippen LogP contribution in [0.15, 0.2) is 75.1 Å². The molecule has 0 unspecified atom stereocenters. The first-order valence-corrected chi connectivity index (χ1v) is 11.1. The Hall–Kier alpha value is -2.90. The fourth-order valence-corrected chi connectivity index (χ4v) is 3.80. The molecule has 0 bridgehead atoms. The van der Waals surface area contributed by atoms with E-state index >= 15 is 0 Å². The molecule has 0 saturated carbocycles. The summed E-state index contributed by atoms with van der Waals surface area (Å²) in [5.41, 5.74) is 5.15. The van der Waals surface area contributed by atoms with Gasteiger partial charge in [0, 0.05) is 6.07 Å². The van der Waals surface area contributed by atoms with E-state index in [1.807, 2.05) is 0 Å². The van der Waals surface area contributed by atoms with Gasteiger partial charge in [0.15, 0.2) is 0 Å². The number of hydrazine groups is 1. The molecule has 0 saturated heterocycles. The van der Waals surface area contributed by atoms with Crippen molar-refractivity contribution in [2.45, 2.75) is 16.3 Å². The van der Waals surface area contributed by atoms with E-state index in [9.17, 15) is 21.4 Å². The zero-order valence-corrected chi connectivity index (χ0v) is 16.4. The van der Waals surface area contributed by atoms with E-state index in [0.29, 0.717) is 11.5 Å². The van der Waals surface area contributed by atoms with E-state index in [2.05, 4.69) is 10.9 Å². The lowest BCUT2D eigenvalue weighted by atomic mass is 10.3. The molecule has 0 amide bonds. The van der Waals surface area contributed by atoms with Crippen molar-refractivity contribution in [2.75, 3.05) is 5.43 Å². The first kappa shape index (κ1) is 20.8. The van der Waals surface area contributed by atoms with E-state index in [0.717, 1.165) is 12.1 Å². The van der Waals surface area contributed by atoms with Crippen LogP contribution in [0.2, 0.25) is 0 Å². The Morgan fingerprint density at radius 2 is 1.72 bits per heavy atom. The average Bonchev–Trinajstić information content (AvgIpc) is 3.14. The van der Waals surface area contributed by atoms with Gasteiger partial charge < -0.3 is 14.6 Å². The Kier molecular flexibility index (Phi) is 5.91. The molecule has 154 valence electrons. The number of para-hydroxylation sites is 1. The minimum Gasteiger partial charge on any atom is -0.468 e. The fraction of sp³-hybridized carbons (Fsp3) is 0.0588. The second kappa shape index (κ2) is 8.23. The molecule has 0 radical (unpaired) electrons. The number of sulfonamides is 1. The third-order valence-corrected chi connectivity index (χ3v) is 5.49. The Morgan fingerprint density at radius 1 is 1.00 bits per heavy atom. The van der Waals surface area contributed by atoms with Gasteiger partial charge in [-0.05, 0) is 30.3 Å². The molecule has 10 nitrogen and oxygen atoms in total. The lowest BCUT2D eigenvalue weighted by molar-refractivity contribution is 0.464. The second-order valence-corrected chi connectivity index (χ2v) is 8.71. The smallest absolute Gasteiger partial charge is 0.296 e. The Bertz CT molecular complexity index is 1190. The van der Waals surface area contributed by atoms with Crippen LogP contribution < -0.4 is 20.7 Å². The number of anilines is 1. The van der Waals surface area contributed by atoms with Crippen molar-refractivity contribution in [3.63, 3.8) is 0 Å². The summed E-state index contributed by atoms with van der Waals surface area (Å²) in [6, 6.07) is 13.4. The van der Waals surface area contributed by atoms with Gasteiger partial charge in [-0.1, -0.05) is 18.2 Å². The van der Waals surface area contributed by atoms with Crippen molar-refractivity contribution in [1.82, 2.24) is 5.43 Å². The SMILES string of the molecule is NS(=O)(=O)c1cc(S(=O)(=O)O)c(NNCc2ccco2)cc1Oc1ccccc1. The van der Waals surface area contributed by atoms with E-state index in [-0.39, 0.29) is 18.0 Å². The molecule has 12 heteroatoms. The topological polar surface area (TPSA) is 161 Å². The minimum atomic E-state index is -4.79. The summed E-state index contributed by atoms with van der Waals surface area (Å²) < 4.78 is 67.8. The predicted molar refractivity (Wildman–Crippen MR) is 103 cm³/mol. The predicted octanol–water partition coefficient (Wildman–Crippen LogP) is 2.08. The number of furan rings is 1. The number of nitrogens with two attached hydrogens (primary N) is 1. The molecule has 2 aromatic carbocycles. The van der Waals surface area contributed by atoms with E-state index in [1.54, 1.807) is 42.5 Å². The van der Waals surface area contributed by atoms with Crippen molar-refractivity contribution in [1.29, 1.82) is 0 Å². The highest BCUT2D eigenvalue weighted by Crippen LogP contribution is 2.35. The Morgan fingerprint density at radius 3 is 2.31 bits per heavy atom. The molecular weight excluding hydrogens is 422 g/mol. The zero-order chi connectivity index (χ0) is 21.1. The number of primary sulfonamides is 1. The first-order chi connectivity index (χ1) is 13.6. The molecule has 0 fully saturated rings. The summed E-state index contributed by atoms with van der Waals surface area (Å²) in [7, 11) is -9.16. The fourth-order valence-electron chi connectivity index (χ4n) is 2.41. The third-order valence-electron chi connectivity index (χ3n) is 3.67. The summed E-state index contributed by atoms with van der Waals surface area (Å²) in [5, 5.41) is 5.21. The maximum atomic E-state index is 12.0. The van der Waals surface area contributed by atoms with E-state index < -0.39 is 29.9 Å². The van der Waals surface area contributed by atoms with Crippen LogP contribution >= 0.6 is 0 Å². The highest BCUT2D eigenvalue weighted by atomic mass is 32.2. The molecule has 1 aromatic heterocycles. The molecule has 0 aliphatic carbocycles. The van der Waals surface area contributed by atoms with Gasteiger partial charge in [0.1, 0.15) is 27.1 Å². The van der Waals surface area contributed by atoms with Gasteiger partial charge in [0.05, 0.1) is 18.5 Å². The largest absolute Gasteiger partial charge is 0.468 e. The number of nitrogens with one attached hydrogen (secondary N) is 2. The summed E-state index contributed by atoms with van der Waals surface area (Å²) in [4.78, 5) is -1.31. The van der Waals surface area contributed by atoms with Crippen molar-refractivity contribution >= 4 is 25.8 Å². The maximum absolute atomic E-state index is 12.0. The Labute approximate surface area is 167 Å². The Balaban J connectivity index is 2.03. The van der Waals surface area contributed by atoms with Gasteiger partial charge in [-0.2, -0.15) is 8.42 Å². The van der Waals surface area contributed by atoms with Gasteiger partial charge in [0.2, 0.25) is 10.0 Å². The van der Waals surface area contributed by atoms with E-state index in [1.165, 1.54) is 6.26 Å². The standard InChI is InChI=1S/C17H17N3O7S2/c18-28(21,22)17-10-16(29(23,24)25)14(20-19-11-13-7-4-8-26-13)9-15(17)27-12-5-2-1-3-6-12/h1-10,19-20H,11H2,(H2,18,21,22)(H,23,24,25). The maximum Gasteiger partial charge on any atom is 0.296 e. The number of hydrogen-bond donors (Lipinski definition) is 4. The minimum absolute atomic E-state index is 0.155. The number of ether oxygens (including phenoxy) is 1. The molecule has 0 aliphatic heterocycles. The van der Waals surface area contributed by atoms with Crippen molar-refractivity contribution in [2.24, 2.45) is 5.14 Å². The quantitative estimate of drug-likeness (QED) is 0.304. The molecular formula is C17H17N3O7S2. The molecule has 5 N–H and O–H groups in total. The van der Waals surface area contributed by atoms with Crippen molar-refractivity contribution in [3.8, 4) is 11.5 Å². The average molecular weight is 439 g/mol. The summed E-state index contributed by atoms with van der Waals surface area (Å²) >= 11 is 0. The van der Waals surface area contributed by atoms with Gasteiger partial charge >= 0.3 is 0 Å².